The van der Waals surface area contributed by atoms with Crippen LogP contribution >= 0.6 is 11.6 Å². The molecule has 4 rings (SSSR count). The Balaban J connectivity index is 1.37. The second-order valence-corrected chi connectivity index (χ2v) is 8.62. The maximum Gasteiger partial charge on any atom is 0.256 e. The smallest absolute Gasteiger partial charge is 0.256 e. The molecule has 3 heterocycles. The lowest BCUT2D eigenvalue weighted by atomic mass is 9.95. The van der Waals surface area contributed by atoms with Crippen molar-refractivity contribution in [3.05, 3.63) is 47.0 Å². The summed E-state index contributed by atoms with van der Waals surface area (Å²) in [5.74, 6) is 0.886. The van der Waals surface area contributed by atoms with Gasteiger partial charge in [-0.3, -0.25) is 14.5 Å². The van der Waals surface area contributed by atoms with E-state index in [1.165, 1.54) is 0 Å². The monoisotopic (exact) mass is 429 g/mol. The highest BCUT2D eigenvalue weighted by atomic mass is 35.5. The third-order valence-corrected chi connectivity index (χ3v) is 6.34. The van der Waals surface area contributed by atoms with Crippen molar-refractivity contribution in [1.82, 2.24) is 19.4 Å². The number of carbonyl (C=O) groups excluding carboxylic acids is 2. The van der Waals surface area contributed by atoms with Gasteiger partial charge in [0.2, 0.25) is 5.91 Å². The first-order valence-electron chi connectivity index (χ1n) is 10.6. The molecule has 2 aliphatic rings. The standard InChI is InChI=1S/C22H28ClN5O2/c1-26-13-8-24-20(26)15-27-11-6-16(7-12-27)21(29)25-19-5-4-17(23)14-18(19)22(30)28-9-2-3-10-28/h4-5,8,13-14,16H,2-3,6-7,9-12,15H2,1H3,(H,25,29). The van der Waals surface area contributed by atoms with Crippen molar-refractivity contribution < 1.29 is 9.59 Å². The Kier molecular flexibility index (Phi) is 6.39. The number of anilines is 1. The third kappa shape index (κ3) is 4.68. The van der Waals surface area contributed by atoms with Gasteiger partial charge in [0.05, 0.1) is 17.8 Å². The van der Waals surface area contributed by atoms with Crippen LogP contribution in [0.25, 0.3) is 0 Å². The fourth-order valence-corrected chi connectivity index (χ4v) is 4.40. The number of likely N-dealkylation sites (tertiary alicyclic amines) is 2. The van der Waals surface area contributed by atoms with Gasteiger partial charge in [0.15, 0.2) is 0 Å². The van der Waals surface area contributed by atoms with E-state index in [4.69, 9.17) is 11.6 Å². The van der Waals surface area contributed by atoms with Crippen molar-refractivity contribution >= 4 is 29.1 Å². The summed E-state index contributed by atoms with van der Waals surface area (Å²) in [6.45, 7) is 4.01. The number of hydrogen-bond donors (Lipinski definition) is 1. The van der Waals surface area contributed by atoms with Crippen molar-refractivity contribution in [2.75, 3.05) is 31.5 Å². The quantitative estimate of drug-likeness (QED) is 0.792. The molecule has 0 aliphatic carbocycles. The number of nitrogens with zero attached hydrogens (tertiary/aromatic N) is 4. The molecule has 30 heavy (non-hydrogen) atoms. The first kappa shape index (κ1) is 20.9. The van der Waals surface area contributed by atoms with Crippen LogP contribution < -0.4 is 5.32 Å². The van der Waals surface area contributed by atoms with Crippen LogP contribution in [0.15, 0.2) is 30.6 Å². The zero-order chi connectivity index (χ0) is 21.1. The van der Waals surface area contributed by atoms with Crippen molar-refractivity contribution in [2.24, 2.45) is 13.0 Å². The zero-order valence-corrected chi connectivity index (χ0v) is 18.1. The zero-order valence-electron chi connectivity index (χ0n) is 17.3. The van der Waals surface area contributed by atoms with E-state index in [0.29, 0.717) is 16.3 Å². The Morgan fingerprint density at radius 3 is 2.57 bits per heavy atom. The van der Waals surface area contributed by atoms with Crippen molar-refractivity contribution in [2.45, 2.75) is 32.2 Å². The van der Waals surface area contributed by atoms with Gasteiger partial charge < -0.3 is 14.8 Å². The van der Waals surface area contributed by atoms with Crippen molar-refractivity contribution in [3.63, 3.8) is 0 Å². The van der Waals surface area contributed by atoms with Gasteiger partial charge in [-0.25, -0.2) is 4.98 Å². The molecule has 0 radical (unpaired) electrons. The second kappa shape index (κ2) is 9.18. The van der Waals surface area contributed by atoms with Gasteiger partial charge in [0, 0.05) is 43.5 Å². The maximum atomic E-state index is 12.9. The molecule has 2 aliphatic heterocycles. The normalized spacial score (nSPS) is 18.0. The molecule has 2 amide bonds. The molecule has 1 aromatic carbocycles. The number of aromatic nitrogens is 2. The molecule has 8 heteroatoms. The lowest BCUT2D eigenvalue weighted by Crippen LogP contribution is -2.38. The Hall–Kier alpha value is -2.38. The van der Waals surface area contributed by atoms with Crippen molar-refractivity contribution in [3.8, 4) is 0 Å². The molecule has 2 saturated heterocycles. The van der Waals surface area contributed by atoms with Crippen LogP contribution in [0.2, 0.25) is 5.02 Å². The Morgan fingerprint density at radius 2 is 1.90 bits per heavy atom. The second-order valence-electron chi connectivity index (χ2n) is 8.18. The molecule has 1 N–H and O–H groups in total. The molecular formula is C22H28ClN5O2. The number of imidazole rings is 1. The first-order chi connectivity index (χ1) is 14.5. The highest BCUT2D eigenvalue weighted by Crippen LogP contribution is 2.26. The summed E-state index contributed by atoms with van der Waals surface area (Å²) < 4.78 is 2.03. The van der Waals surface area contributed by atoms with Gasteiger partial charge in [0.1, 0.15) is 5.82 Å². The van der Waals surface area contributed by atoms with E-state index in [-0.39, 0.29) is 17.7 Å². The highest BCUT2D eigenvalue weighted by Gasteiger charge is 2.28. The molecule has 0 unspecified atom stereocenters. The molecule has 0 atom stereocenters. The van der Waals surface area contributed by atoms with Crippen LogP contribution in [0.4, 0.5) is 5.69 Å². The summed E-state index contributed by atoms with van der Waals surface area (Å²) in [7, 11) is 2.00. The molecule has 160 valence electrons. The minimum absolute atomic E-state index is 0.0237. The minimum atomic E-state index is -0.0620. The molecule has 0 bridgehead atoms. The van der Waals surface area contributed by atoms with Gasteiger partial charge >= 0.3 is 0 Å². The largest absolute Gasteiger partial charge is 0.339 e. The number of aryl methyl sites for hydroxylation is 1. The van der Waals surface area contributed by atoms with E-state index in [1.807, 2.05) is 28.9 Å². The van der Waals surface area contributed by atoms with Crippen LogP contribution in [0.5, 0.6) is 0 Å². The van der Waals surface area contributed by atoms with Crippen LogP contribution in [-0.2, 0) is 18.4 Å². The number of carbonyl (C=O) groups is 2. The topological polar surface area (TPSA) is 70.5 Å². The molecule has 0 saturated carbocycles. The highest BCUT2D eigenvalue weighted by molar-refractivity contribution is 6.31. The Bertz CT molecular complexity index is 914. The Labute approximate surface area is 182 Å². The summed E-state index contributed by atoms with van der Waals surface area (Å²) in [6, 6.07) is 5.11. The fourth-order valence-electron chi connectivity index (χ4n) is 4.23. The fraction of sp³-hybridized carbons (Fsp3) is 0.500. The van der Waals surface area contributed by atoms with Crippen LogP contribution in [0, 0.1) is 5.92 Å². The summed E-state index contributed by atoms with van der Waals surface area (Å²) in [6.07, 6.45) is 7.37. The van der Waals surface area contributed by atoms with Crippen molar-refractivity contribution in [1.29, 1.82) is 0 Å². The number of halogens is 1. The molecule has 0 spiro atoms. The number of rotatable bonds is 5. The molecule has 2 aromatic rings. The Morgan fingerprint density at radius 1 is 1.17 bits per heavy atom. The molecular weight excluding hydrogens is 402 g/mol. The average molecular weight is 430 g/mol. The number of nitrogens with one attached hydrogen (secondary N) is 1. The predicted octanol–water partition coefficient (Wildman–Crippen LogP) is 3.16. The van der Waals surface area contributed by atoms with Gasteiger partial charge in [-0.15, -0.1) is 0 Å². The van der Waals surface area contributed by atoms with E-state index in [2.05, 4.69) is 15.2 Å². The van der Waals surface area contributed by atoms with Crippen LogP contribution in [0.3, 0.4) is 0 Å². The average Bonchev–Trinajstić information content (AvgIpc) is 3.42. The summed E-state index contributed by atoms with van der Waals surface area (Å²) in [5, 5.41) is 3.50. The van der Waals surface area contributed by atoms with Crippen LogP contribution in [0.1, 0.15) is 41.9 Å². The molecule has 1 aromatic heterocycles. The predicted molar refractivity (Wildman–Crippen MR) is 116 cm³/mol. The first-order valence-corrected chi connectivity index (χ1v) is 11.0. The third-order valence-electron chi connectivity index (χ3n) is 6.11. The van der Waals surface area contributed by atoms with Gasteiger partial charge in [-0.05, 0) is 57.0 Å². The number of amides is 2. The van der Waals surface area contributed by atoms with E-state index < -0.39 is 0 Å². The SMILES string of the molecule is Cn1ccnc1CN1CCC(C(=O)Nc2ccc(Cl)cc2C(=O)N2CCCC2)CC1. The lowest BCUT2D eigenvalue weighted by molar-refractivity contribution is -0.121. The summed E-state index contributed by atoms with van der Waals surface area (Å²) in [4.78, 5) is 34.4. The van der Waals surface area contributed by atoms with Crippen LogP contribution in [-0.4, -0.2) is 57.3 Å². The van der Waals surface area contributed by atoms with E-state index in [9.17, 15) is 9.59 Å². The van der Waals surface area contributed by atoms with E-state index in [0.717, 1.165) is 64.2 Å². The van der Waals surface area contributed by atoms with Gasteiger partial charge in [-0.2, -0.15) is 0 Å². The number of piperidine rings is 1. The minimum Gasteiger partial charge on any atom is -0.339 e. The number of hydrogen-bond acceptors (Lipinski definition) is 4. The molecule has 2 fully saturated rings. The summed E-state index contributed by atoms with van der Waals surface area (Å²) >= 11 is 6.14. The summed E-state index contributed by atoms with van der Waals surface area (Å²) in [5.41, 5.74) is 1.03. The molecule has 7 nitrogen and oxygen atoms in total. The number of benzene rings is 1. The lowest BCUT2D eigenvalue weighted by Gasteiger charge is -2.31. The van der Waals surface area contributed by atoms with Gasteiger partial charge in [-0.1, -0.05) is 11.6 Å². The van der Waals surface area contributed by atoms with E-state index >= 15 is 0 Å². The maximum absolute atomic E-state index is 12.9. The van der Waals surface area contributed by atoms with Gasteiger partial charge in [0.25, 0.3) is 5.91 Å². The van der Waals surface area contributed by atoms with E-state index in [1.54, 1.807) is 18.2 Å².